The average molecular weight is 430 g/mol. The number of carbonyl (C=O) groups excluding carboxylic acids is 1. The molecule has 6 heteroatoms. The summed E-state index contributed by atoms with van der Waals surface area (Å²) in [7, 11) is 0. The molecule has 6 nitrogen and oxygen atoms in total. The lowest BCUT2D eigenvalue weighted by Gasteiger charge is -2.34. The van der Waals surface area contributed by atoms with Gasteiger partial charge < -0.3 is 14.8 Å². The van der Waals surface area contributed by atoms with Gasteiger partial charge in [-0.05, 0) is 73.0 Å². The molecular formula is C26H27N3O3. The van der Waals surface area contributed by atoms with Gasteiger partial charge in [0.15, 0.2) is 0 Å². The van der Waals surface area contributed by atoms with Crippen molar-refractivity contribution in [1.29, 1.82) is 0 Å². The summed E-state index contributed by atoms with van der Waals surface area (Å²) in [4.78, 5) is 19.5. The monoisotopic (exact) mass is 429 g/mol. The molecule has 1 amide bonds. The van der Waals surface area contributed by atoms with Crippen molar-refractivity contribution < 1.29 is 14.3 Å². The van der Waals surface area contributed by atoms with Crippen molar-refractivity contribution in [1.82, 2.24) is 9.88 Å². The second-order valence-electron chi connectivity index (χ2n) is 8.33. The summed E-state index contributed by atoms with van der Waals surface area (Å²) in [5.41, 5.74) is 3.29. The Balaban J connectivity index is 1.22. The summed E-state index contributed by atoms with van der Waals surface area (Å²) in [5, 5.41) is 3.09. The van der Waals surface area contributed by atoms with Crippen molar-refractivity contribution in [2.24, 2.45) is 0 Å². The second-order valence-corrected chi connectivity index (χ2v) is 8.33. The average Bonchev–Trinajstić information content (AvgIpc) is 3.29. The van der Waals surface area contributed by atoms with E-state index in [0.29, 0.717) is 11.5 Å². The quantitative estimate of drug-likeness (QED) is 0.610. The fourth-order valence-electron chi connectivity index (χ4n) is 4.43. The van der Waals surface area contributed by atoms with Gasteiger partial charge in [-0.2, -0.15) is 0 Å². The fourth-order valence-corrected chi connectivity index (χ4v) is 4.43. The van der Waals surface area contributed by atoms with E-state index in [1.54, 1.807) is 12.4 Å². The van der Waals surface area contributed by atoms with Crippen LogP contribution in [0, 0.1) is 0 Å². The summed E-state index contributed by atoms with van der Waals surface area (Å²) in [6.07, 6.45) is 7.42. The Labute approximate surface area is 188 Å². The third-order valence-corrected chi connectivity index (χ3v) is 6.05. The van der Waals surface area contributed by atoms with Crippen LogP contribution in [0.5, 0.6) is 17.2 Å². The van der Waals surface area contributed by atoms with E-state index in [1.165, 1.54) is 11.1 Å². The summed E-state index contributed by atoms with van der Waals surface area (Å²) in [6, 6.07) is 17.4. The molecule has 0 radical (unpaired) electrons. The molecule has 0 bridgehead atoms. The molecule has 3 heterocycles. The molecule has 1 atom stereocenters. The minimum absolute atomic E-state index is 0.0510. The van der Waals surface area contributed by atoms with Gasteiger partial charge in [-0.25, -0.2) is 0 Å². The maximum absolute atomic E-state index is 13.1. The zero-order chi connectivity index (χ0) is 21.8. The van der Waals surface area contributed by atoms with Crippen molar-refractivity contribution in [2.75, 3.05) is 18.5 Å². The fraction of sp³-hybridized carbons (Fsp3) is 0.308. The number of hydrogen-bond donors (Lipinski definition) is 1. The number of piperidine rings is 1. The molecule has 1 N–H and O–H groups in total. The zero-order valence-electron chi connectivity index (χ0n) is 18.0. The highest BCUT2D eigenvalue weighted by Crippen LogP contribution is 2.28. The number of pyridine rings is 1. The molecule has 1 aromatic heterocycles. The number of aromatic nitrogens is 1. The minimum Gasteiger partial charge on any atom is -0.493 e. The van der Waals surface area contributed by atoms with Crippen molar-refractivity contribution in [3.63, 3.8) is 0 Å². The van der Waals surface area contributed by atoms with Crippen LogP contribution in [0.15, 0.2) is 67.0 Å². The van der Waals surface area contributed by atoms with Crippen LogP contribution in [0.4, 0.5) is 5.69 Å². The number of fused-ring (bicyclic) bond motifs is 1. The first-order valence-corrected chi connectivity index (χ1v) is 11.2. The third kappa shape index (κ3) is 4.75. The normalized spacial score (nSPS) is 17.9. The molecular weight excluding hydrogens is 402 g/mol. The molecule has 3 aromatic rings. The van der Waals surface area contributed by atoms with Gasteiger partial charge in [-0.15, -0.1) is 0 Å². The molecule has 0 aliphatic carbocycles. The maximum atomic E-state index is 13.1. The topological polar surface area (TPSA) is 63.7 Å². The van der Waals surface area contributed by atoms with Crippen LogP contribution in [0.25, 0.3) is 0 Å². The van der Waals surface area contributed by atoms with E-state index in [4.69, 9.17) is 9.47 Å². The Kier molecular flexibility index (Phi) is 6.03. The Morgan fingerprint density at radius 2 is 2.03 bits per heavy atom. The first kappa shape index (κ1) is 20.5. The molecule has 164 valence electrons. The number of carbonyl (C=O) groups is 1. The Bertz CT molecular complexity index is 1070. The standard InChI is InChI=1S/C26H27N3O3/c30-26(28-21-7-9-22(10-8-21)32-23-4-3-13-27-17-23)24-5-1-2-14-29(24)18-19-6-11-25-20(16-19)12-15-31-25/h3-4,6-11,13,16-17,24H,1-2,5,12,14-15,18H2,(H,28,30)/t24-/m0/s1. The molecule has 2 aliphatic heterocycles. The van der Waals surface area contributed by atoms with Gasteiger partial charge in [0.2, 0.25) is 5.91 Å². The van der Waals surface area contributed by atoms with Crippen molar-refractivity contribution >= 4 is 11.6 Å². The van der Waals surface area contributed by atoms with E-state index >= 15 is 0 Å². The lowest BCUT2D eigenvalue weighted by Crippen LogP contribution is -2.46. The molecule has 32 heavy (non-hydrogen) atoms. The van der Waals surface area contributed by atoms with E-state index in [0.717, 1.165) is 56.8 Å². The van der Waals surface area contributed by atoms with Crippen molar-refractivity contribution in [3.05, 3.63) is 78.1 Å². The Hall–Kier alpha value is -3.38. The zero-order valence-corrected chi connectivity index (χ0v) is 18.0. The number of nitrogens with one attached hydrogen (secondary N) is 1. The highest BCUT2D eigenvalue weighted by Gasteiger charge is 2.29. The molecule has 0 saturated carbocycles. The largest absolute Gasteiger partial charge is 0.493 e. The van der Waals surface area contributed by atoms with Crippen LogP contribution in [-0.2, 0) is 17.8 Å². The van der Waals surface area contributed by atoms with Gasteiger partial charge in [0.05, 0.1) is 18.8 Å². The van der Waals surface area contributed by atoms with Crippen molar-refractivity contribution in [2.45, 2.75) is 38.3 Å². The van der Waals surface area contributed by atoms with Crippen LogP contribution in [0.2, 0.25) is 0 Å². The predicted molar refractivity (Wildman–Crippen MR) is 123 cm³/mol. The lowest BCUT2D eigenvalue weighted by atomic mass is 9.99. The molecule has 2 aromatic carbocycles. The van der Waals surface area contributed by atoms with E-state index in [2.05, 4.69) is 33.4 Å². The number of hydrogen-bond acceptors (Lipinski definition) is 5. The van der Waals surface area contributed by atoms with E-state index < -0.39 is 0 Å². The summed E-state index contributed by atoms with van der Waals surface area (Å²) in [6.45, 7) is 2.48. The number of rotatable bonds is 6. The molecule has 0 unspecified atom stereocenters. The van der Waals surface area contributed by atoms with Gasteiger partial charge in [0, 0.05) is 24.8 Å². The molecule has 2 aliphatic rings. The Morgan fingerprint density at radius 1 is 1.12 bits per heavy atom. The molecule has 1 saturated heterocycles. The van der Waals surface area contributed by atoms with Gasteiger partial charge in [-0.1, -0.05) is 18.6 Å². The van der Waals surface area contributed by atoms with Gasteiger partial charge >= 0.3 is 0 Å². The summed E-state index contributed by atoms with van der Waals surface area (Å²) >= 11 is 0. The highest BCUT2D eigenvalue weighted by molar-refractivity contribution is 5.94. The molecule has 5 rings (SSSR count). The number of amides is 1. The lowest BCUT2D eigenvalue weighted by molar-refractivity contribution is -0.122. The first-order chi connectivity index (χ1) is 15.7. The minimum atomic E-state index is -0.125. The predicted octanol–water partition coefficient (Wildman–Crippen LogP) is 4.80. The van der Waals surface area contributed by atoms with Crippen LogP contribution < -0.4 is 14.8 Å². The molecule has 0 spiro atoms. The number of ether oxygens (including phenoxy) is 2. The number of likely N-dealkylation sites (tertiary alicyclic amines) is 1. The van der Waals surface area contributed by atoms with E-state index in [1.807, 2.05) is 36.4 Å². The third-order valence-electron chi connectivity index (χ3n) is 6.05. The van der Waals surface area contributed by atoms with Crippen LogP contribution in [0.1, 0.15) is 30.4 Å². The summed E-state index contributed by atoms with van der Waals surface area (Å²) < 4.78 is 11.4. The number of anilines is 1. The van der Waals surface area contributed by atoms with Gasteiger partial charge in [0.25, 0.3) is 0 Å². The smallest absolute Gasteiger partial charge is 0.241 e. The maximum Gasteiger partial charge on any atom is 0.241 e. The molecule has 1 fully saturated rings. The van der Waals surface area contributed by atoms with Gasteiger partial charge in [0.1, 0.15) is 17.2 Å². The number of benzene rings is 2. The van der Waals surface area contributed by atoms with E-state index in [9.17, 15) is 4.79 Å². The summed E-state index contributed by atoms with van der Waals surface area (Å²) in [5.74, 6) is 2.43. The van der Waals surface area contributed by atoms with Crippen molar-refractivity contribution in [3.8, 4) is 17.2 Å². The number of nitrogens with zero attached hydrogens (tertiary/aromatic N) is 2. The van der Waals surface area contributed by atoms with E-state index in [-0.39, 0.29) is 11.9 Å². The Morgan fingerprint density at radius 3 is 2.88 bits per heavy atom. The second kappa shape index (κ2) is 9.40. The SMILES string of the molecule is O=C(Nc1ccc(Oc2cccnc2)cc1)[C@@H]1CCCCN1Cc1ccc2c(c1)CCO2. The van der Waals surface area contributed by atoms with Crippen LogP contribution >= 0.6 is 0 Å². The first-order valence-electron chi connectivity index (χ1n) is 11.2. The highest BCUT2D eigenvalue weighted by atomic mass is 16.5. The van der Waals surface area contributed by atoms with Crippen LogP contribution in [0.3, 0.4) is 0 Å². The van der Waals surface area contributed by atoms with Gasteiger partial charge in [-0.3, -0.25) is 14.7 Å². The van der Waals surface area contributed by atoms with Crippen LogP contribution in [-0.4, -0.2) is 35.0 Å².